The van der Waals surface area contributed by atoms with E-state index in [1.165, 1.54) is 0 Å². The molecule has 0 saturated carbocycles. The Morgan fingerprint density at radius 2 is 1.13 bits per heavy atom. The molecule has 0 aromatic heterocycles. The summed E-state index contributed by atoms with van der Waals surface area (Å²) in [4.78, 5) is 10.8. The zero-order chi connectivity index (χ0) is 26.5. The number of rotatable bonds is 2. The second kappa shape index (κ2) is 7.84. The van der Waals surface area contributed by atoms with Gasteiger partial charge in [0.15, 0.2) is 0 Å². The molecule has 3 aromatic carbocycles. The molecule has 2 aliphatic carbocycles. The molecule has 7 rings (SSSR count). The van der Waals surface area contributed by atoms with Gasteiger partial charge >= 0.3 is 0 Å². The van der Waals surface area contributed by atoms with Crippen LogP contribution in [0.15, 0.2) is 112 Å². The molecule has 0 bridgehead atoms. The topological polar surface area (TPSA) is 45.0 Å². The van der Waals surface area contributed by atoms with Gasteiger partial charge in [-0.05, 0) is 30.4 Å². The molecule has 38 heavy (non-hydrogen) atoms. The van der Waals surface area contributed by atoms with Crippen molar-refractivity contribution in [2.75, 3.05) is 0 Å². The summed E-state index contributed by atoms with van der Waals surface area (Å²) in [6, 6.07) is 29.2. The van der Waals surface area contributed by atoms with E-state index in [0.29, 0.717) is 0 Å². The fraction of sp³-hybridized carbons (Fsp3) is 0.273. The molecule has 4 aliphatic rings. The summed E-state index contributed by atoms with van der Waals surface area (Å²) in [5.41, 5.74) is 6.61. The molecule has 190 valence electrons. The van der Waals surface area contributed by atoms with E-state index in [9.17, 15) is 5.11 Å². The number of benzene rings is 3. The van der Waals surface area contributed by atoms with Crippen LogP contribution in [0.2, 0.25) is 0 Å². The van der Waals surface area contributed by atoms with Crippen LogP contribution in [0.1, 0.15) is 56.9 Å². The van der Waals surface area contributed by atoms with Gasteiger partial charge < -0.3 is 5.11 Å². The van der Waals surface area contributed by atoms with Crippen molar-refractivity contribution in [1.82, 2.24) is 0 Å². The third-order valence-corrected chi connectivity index (χ3v) is 11.8. The van der Waals surface area contributed by atoms with Crippen LogP contribution in [-0.2, 0) is 5.60 Å². The number of aliphatic imine (C=N–C) groups is 2. The van der Waals surface area contributed by atoms with Crippen LogP contribution >= 0.6 is 23.5 Å². The Hall–Kier alpha value is -2.86. The van der Waals surface area contributed by atoms with E-state index in [1.807, 2.05) is 41.7 Å². The van der Waals surface area contributed by atoms with Crippen molar-refractivity contribution in [2.45, 2.75) is 49.7 Å². The summed E-state index contributed by atoms with van der Waals surface area (Å²) in [5.74, 6) is 0. The number of aliphatic hydroxyl groups is 1. The van der Waals surface area contributed by atoms with Gasteiger partial charge in [-0.2, -0.15) is 0 Å². The Kier molecular flexibility index (Phi) is 4.99. The average molecular weight is 535 g/mol. The van der Waals surface area contributed by atoms with E-state index in [-0.39, 0.29) is 4.75 Å². The highest BCUT2D eigenvalue weighted by Crippen LogP contribution is 2.71. The number of fused-ring (bicyclic) bond motifs is 6. The maximum Gasteiger partial charge on any atom is 0.122 e. The monoisotopic (exact) mass is 534 g/mol. The molecule has 0 amide bonds. The minimum Gasteiger partial charge on any atom is -0.380 e. The lowest BCUT2D eigenvalue weighted by molar-refractivity contribution is -0.0234. The third kappa shape index (κ3) is 2.93. The second-order valence-corrected chi connectivity index (χ2v) is 14.6. The van der Waals surface area contributed by atoms with Crippen molar-refractivity contribution < 1.29 is 5.11 Å². The lowest BCUT2D eigenvalue weighted by atomic mass is 9.66. The maximum atomic E-state index is 12.9. The Bertz CT molecular complexity index is 1630. The fourth-order valence-corrected chi connectivity index (χ4v) is 9.25. The molecule has 1 N–H and O–H groups in total. The summed E-state index contributed by atoms with van der Waals surface area (Å²) >= 11 is 3.65. The van der Waals surface area contributed by atoms with E-state index in [1.54, 1.807) is 0 Å². The van der Waals surface area contributed by atoms with Crippen LogP contribution in [0.4, 0.5) is 0 Å². The summed E-state index contributed by atoms with van der Waals surface area (Å²) < 4.78 is -0.814. The van der Waals surface area contributed by atoms with Gasteiger partial charge in [0.1, 0.15) is 15.7 Å². The molecule has 0 spiro atoms. The highest BCUT2D eigenvalue weighted by atomic mass is 32.2. The van der Waals surface area contributed by atoms with Crippen molar-refractivity contribution in [2.24, 2.45) is 15.4 Å². The maximum absolute atomic E-state index is 12.9. The smallest absolute Gasteiger partial charge is 0.122 e. The Labute approximate surface area is 232 Å². The van der Waals surface area contributed by atoms with Gasteiger partial charge in [-0.15, -0.1) is 0 Å². The number of hydrogen-bond acceptors (Lipinski definition) is 5. The van der Waals surface area contributed by atoms with Gasteiger partial charge in [-0.1, -0.05) is 129 Å². The fourth-order valence-electron chi connectivity index (χ4n) is 6.37. The van der Waals surface area contributed by atoms with Gasteiger partial charge in [0.05, 0.1) is 20.9 Å². The highest BCUT2D eigenvalue weighted by Gasteiger charge is 2.66. The van der Waals surface area contributed by atoms with Crippen LogP contribution in [0.5, 0.6) is 0 Å². The lowest BCUT2D eigenvalue weighted by Gasteiger charge is -2.47. The molecule has 5 heteroatoms. The molecule has 2 aliphatic heterocycles. The third-order valence-electron chi connectivity index (χ3n) is 8.64. The quantitative estimate of drug-likeness (QED) is 0.365. The zero-order valence-corrected chi connectivity index (χ0v) is 23.9. The molecule has 3 aromatic rings. The molecule has 0 saturated heterocycles. The average Bonchev–Trinajstić information content (AvgIpc) is 3.55. The van der Waals surface area contributed by atoms with Gasteiger partial charge in [0.2, 0.25) is 0 Å². The molecular formula is C33H30N2OS2. The summed E-state index contributed by atoms with van der Waals surface area (Å²) in [6.07, 6.45) is 0. The molecule has 3 nitrogen and oxygen atoms in total. The van der Waals surface area contributed by atoms with Crippen molar-refractivity contribution in [1.29, 1.82) is 0 Å². The predicted octanol–water partition coefficient (Wildman–Crippen LogP) is 7.82. The lowest BCUT2D eigenvalue weighted by Crippen LogP contribution is -2.50. The number of thioether (sulfide) groups is 2. The molecule has 0 radical (unpaired) electrons. The standard InChI is InChI=1S/C33H30N2OS2/c1-30(2,3)33(36)23-19-13-12-18-22(23)24-25(33)27-32(5,38-29(35-27)21-16-10-7-11-17-21)31(4)26(24)34-28(37-31)20-14-8-6-9-15-20/h6-19,36H,1-5H3/t31-,32-,33+/m0/s1. The Morgan fingerprint density at radius 3 is 1.68 bits per heavy atom. The number of nitrogens with zero attached hydrogens (tertiary/aromatic N) is 2. The summed E-state index contributed by atoms with van der Waals surface area (Å²) in [7, 11) is 0. The van der Waals surface area contributed by atoms with Crippen LogP contribution in [0.3, 0.4) is 0 Å². The predicted molar refractivity (Wildman–Crippen MR) is 162 cm³/mol. The van der Waals surface area contributed by atoms with Gasteiger partial charge in [0.25, 0.3) is 0 Å². The second-order valence-electron chi connectivity index (χ2n) is 11.8. The van der Waals surface area contributed by atoms with Gasteiger partial charge in [0, 0.05) is 22.3 Å². The van der Waals surface area contributed by atoms with Crippen molar-refractivity contribution in [3.63, 3.8) is 0 Å². The zero-order valence-electron chi connectivity index (χ0n) is 22.2. The Balaban J connectivity index is 1.59. The summed E-state index contributed by atoms with van der Waals surface area (Å²) in [5, 5.41) is 14.9. The minimum absolute atomic E-state index is 0.382. The Morgan fingerprint density at radius 1 is 0.658 bits per heavy atom. The van der Waals surface area contributed by atoms with Crippen LogP contribution in [-0.4, -0.2) is 24.7 Å². The first-order chi connectivity index (χ1) is 18.1. The highest BCUT2D eigenvalue weighted by molar-refractivity contribution is 8.20. The first-order valence-electron chi connectivity index (χ1n) is 13.1. The van der Waals surface area contributed by atoms with E-state index in [2.05, 4.69) is 101 Å². The first-order valence-corrected chi connectivity index (χ1v) is 14.7. The van der Waals surface area contributed by atoms with Crippen molar-refractivity contribution in [3.8, 4) is 0 Å². The van der Waals surface area contributed by atoms with Crippen molar-refractivity contribution >= 4 is 39.2 Å². The minimum atomic E-state index is -1.20. The van der Waals surface area contributed by atoms with Crippen LogP contribution < -0.4 is 0 Å². The molecule has 0 fully saturated rings. The molecular weight excluding hydrogens is 505 g/mol. The summed E-state index contributed by atoms with van der Waals surface area (Å²) in [6.45, 7) is 11.0. The number of hydrogen-bond donors (Lipinski definition) is 1. The molecule has 0 unspecified atom stereocenters. The van der Waals surface area contributed by atoms with Crippen LogP contribution in [0, 0.1) is 5.41 Å². The van der Waals surface area contributed by atoms with E-state index >= 15 is 0 Å². The molecule has 2 heterocycles. The first kappa shape index (κ1) is 24.2. The van der Waals surface area contributed by atoms with E-state index in [0.717, 1.165) is 54.9 Å². The van der Waals surface area contributed by atoms with Crippen LogP contribution in [0.25, 0.3) is 5.57 Å². The van der Waals surface area contributed by atoms with E-state index < -0.39 is 15.8 Å². The SMILES string of the molecule is CC(C)(C)[C@]1(O)C2=C3N=C(c4ccccc4)S[C@]3(C)[C@@]3(C)SC(c4ccccc4)=NC3=C2c2ccccc21. The van der Waals surface area contributed by atoms with E-state index in [4.69, 9.17) is 9.98 Å². The largest absolute Gasteiger partial charge is 0.380 e. The molecule has 3 atom stereocenters. The van der Waals surface area contributed by atoms with Gasteiger partial charge in [-0.3, -0.25) is 0 Å². The van der Waals surface area contributed by atoms with Crippen molar-refractivity contribution in [3.05, 3.63) is 124 Å². The normalized spacial score (nSPS) is 29.5. The van der Waals surface area contributed by atoms with Gasteiger partial charge in [-0.25, -0.2) is 9.98 Å².